The SMILES string of the molecule is O=C(O)N1C2CCCCCCCCCCCC1CN(c1nc(Cl)ncc1F)C2. The van der Waals surface area contributed by atoms with E-state index in [9.17, 15) is 14.3 Å². The molecule has 2 aliphatic rings. The highest BCUT2D eigenvalue weighted by Crippen LogP contribution is 2.29. The molecule has 0 aromatic carbocycles. The minimum atomic E-state index is -0.872. The van der Waals surface area contributed by atoms with E-state index in [0.717, 1.165) is 44.7 Å². The first-order chi connectivity index (χ1) is 13.6. The smallest absolute Gasteiger partial charge is 0.407 e. The summed E-state index contributed by atoms with van der Waals surface area (Å²) in [5, 5.41) is 9.90. The van der Waals surface area contributed by atoms with Gasteiger partial charge < -0.3 is 10.0 Å². The highest BCUT2D eigenvalue weighted by atomic mass is 35.5. The van der Waals surface area contributed by atoms with Gasteiger partial charge in [0.05, 0.1) is 18.3 Å². The number of carbonyl (C=O) groups is 1. The van der Waals surface area contributed by atoms with Crippen molar-refractivity contribution in [3.05, 3.63) is 17.3 Å². The lowest BCUT2D eigenvalue weighted by atomic mass is 9.95. The quantitative estimate of drug-likeness (QED) is 0.649. The maximum atomic E-state index is 14.4. The normalized spacial score (nSPS) is 25.2. The molecule has 3 rings (SSSR count). The second-order valence-corrected chi connectivity index (χ2v) is 8.31. The fourth-order valence-corrected chi connectivity index (χ4v) is 4.69. The minimum Gasteiger partial charge on any atom is -0.465 e. The molecule has 8 heteroatoms. The number of aromatic nitrogens is 2. The van der Waals surface area contributed by atoms with E-state index in [1.165, 1.54) is 32.1 Å². The summed E-state index contributed by atoms with van der Waals surface area (Å²) in [4.78, 5) is 23.3. The maximum Gasteiger partial charge on any atom is 0.407 e. The van der Waals surface area contributed by atoms with Gasteiger partial charge >= 0.3 is 6.09 Å². The molecular weight excluding hydrogens is 383 g/mol. The van der Waals surface area contributed by atoms with Crippen LogP contribution in [0, 0.1) is 5.82 Å². The van der Waals surface area contributed by atoms with Crippen molar-refractivity contribution < 1.29 is 14.3 Å². The number of carboxylic acid groups (broad SMARTS) is 1. The molecule has 0 aliphatic carbocycles. The van der Waals surface area contributed by atoms with Crippen LogP contribution in [0.4, 0.5) is 15.0 Å². The molecule has 2 aliphatic heterocycles. The van der Waals surface area contributed by atoms with Crippen LogP contribution in [0.3, 0.4) is 0 Å². The Morgan fingerprint density at radius 1 is 1.00 bits per heavy atom. The summed E-state index contributed by atoms with van der Waals surface area (Å²) < 4.78 is 14.4. The standard InChI is InChI=1S/C20H30ClFN4O2/c21-19-23-12-17(22)18(24-19)25-13-15-10-8-6-4-2-1-3-5-7-9-11-16(14-25)26(15)20(27)28/h12,15-16H,1-11,13-14H2,(H,27,28). The van der Waals surface area contributed by atoms with Crippen LogP contribution in [0.1, 0.15) is 70.6 Å². The topological polar surface area (TPSA) is 69.6 Å². The fraction of sp³-hybridized carbons (Fsp3) is 0.750. The van der Waals surface area contributed by atoms with Crippen molar-refractivity contribution in [2.45, 2.75) is 82.7 Å². The third kappa shape index (κ3) is 5.46. The van der Waals surface area contributed by atoms with E-state index in [0.29, 0.717) is 13.1 Å². The highest BCUT2D eigenvalue weighted by molar-refractivity contribution is 6.28. The van der Waals surface area contributed by atoms with Crippen LogP contribution >= 0.6 is 11.6 Å². The predicted octanol–water partition coefficient (Wildman–Crippen LogP) is 5.11. The molecule has 28 heavy (non-hydrogen) atoms. The summed E-state index contributed by atoms with van der Waals surface area (Å²) in [6.07, 6.45) is 12.2. The van der Waals surface area contributed by atoms with Crippen molar-refractivity contribution in [1.29, 1.82) is 0 Å². The Morgan fingerprint density at radius 2 is 1.50 bits per heavy atom. The Kier molecular flexibility index (Phi) is 7.71. The molecule has 2 unspecified atom stereocenters. The number of amides is 1. The van der Waals surface area contributed by atoms with Crippen LogP contribution in [-0.2, 0) is 0 Å². The van der Waals surface area contributed by atoms with E-state index >= 15 is 0 Å². The molecule has 6 nitrogen and oxygen atoms in total. The molecule has 1 amide bonds. The van der Waals surface area contributed by atoms with Crippen molar-refractivity contribution in [2.75, 3.05) is 18.0 Å². The van der Waals surface area contributed by atoms with E-state index in [1.807, 2.05) is 4.90 Å². The summed E-state index contributed by atoms with van der Waals surface area (Å²) in [5.74, 6) is -0.332. The molecule has 0 radical (unpaired) electrons. The number of anilines is 1. The largest absolute Gasteiger partial charge is 0.465 e. The molecule has 0 spiro atoms. The lowest BCUT2D eigenvalue weighted by Crippen LogP contribution is -2.60. The monoisotopic (exact) mass is 412 g/mol. The number of nitrogens with zero attached hydrogens (tertiary/aromatic N) is 4. The Balaban J connectivity index is 1.83. The summed E-state index contributed by atoms with van der Waals surface area (Å²) in [5.41, 5.74) is 0. The molecule has 1 aromatic rings. The molecule has 2 bridgehead atoms. The van der Waals surface area contributed by atoms with E-state index in [1.54, 1.807) is 4.90 Å². The van der Waals surface area contributed by atoms with E-state index in [2.05, 4.69) is 9.97 Å². The Morgan fingerprint density at radius 3 is 2.00 bits per heavy atom. The van der Waals surface area contributed by atoms with Gasteiger partial charge in [-0.25, -0.2) is 14.2 Å². The van der Waals surface area contributed by atoms with Gasteiger partial charge in [0.2, 0.25) is 5.28 Å². The zero-order valence-electron chi connectivity index (χ0n) is 16.3. The summed E-state index contributed by atoms with van der Waals surface area (Å²) >= 11 is 5.90. The van der Waals surface area contributed by atoms with Crippen molar-refractivity contribution in [3.63, 3.8) is 0 Å². The zero-order valence-corrected chi connectivity index (χ0v) is 17.1. The summed E-state index contributed by atoms with van der Waals surface area (Å²) in [6, 6.07) is -0.320. The number of piperazine rings is 1. The van der Waals surface area contributed by atoms with Gasteiger partial charge in [-0.1, -0.05) is 57.8 Å². The first-order valence-electron chi connectivity index (χ1n) is 10.5. The lowest BCUT2D eigenvalue weighted by Gasteiger charge is -2.46. The van der Waals surface area contributed by atoms with Crippen LogP contribution in [0.15, 0.2) is 6.20 Å². The van der Waals surface area contributed by atoms with Gasteiger partial charge in [0.1, 0.15) is 0 Å². The third-order valence-corrected chi connectivity index (χ3v) is 6.12. The van der Waals surface area contributed by atoms with Crippen LogP contribution in [-0.4, -0.2) is 51.2 Å². The zero-order chi connectivity index (χ0) is 19.9. The van der Waals surface area contributed by atoms with Crippen molar-refractivity contribution >= 4 is 23.5 Å². The van der Waals surface area contributed by atoms with Gasteiger partial charge in [-0.15, -0.1) is 0 Å². The Bertz CT molecular complexity index is 641. The number of fused-ring (bicyclic) bond motifs is 2. The van der Waals surface area contributed by atoms with Gasteiger partial charge in [0, 0.05) is 13.1 Å². The second kappa shape index (κ2) is 10.2. The first-order valence-corrected chi connectivity index (χ1v) is 10.9. The predicted molar refractivity (Wildman–Crippen MR) is 107 cm³/mol. The second-order valence-electron chi connectivity index (χ2n) is 7.97. The molecule has 1 aromatic heterocycles. The van der Waals surface area contributed by atoms with Gasteiger partial charge in [-0.2, -0.15) is 4.98 Å². The molecule has 2 fully saturated rings. The van der Waals surface area contributed by atoms with E-state index < -0.39 is 11.9 Å². The average molecular weight is 413 g/mol. The average Bonchev–Trinajstić information content (AvgIpc) is 2.66. The minimum absolute atomic E-state index is 0.00676. The Labute approximate surface area is 171 Å². The molecular formula is C20H30ClFN4O2. The van der Waals surface area contributed by atoms with Crippen molar-refractivity contribution in [3.8, 4) is 0 Å². The molecule has 1 N–H and O–H groups in total. The summed E-state index contributed by atoms with van der Waals surface area (Å²) in [7, 11) is 0. The first kappa shape index (κ1) is 21.1. The van der Waals surface area contributed by atoms with Gasteiger partial charge in [0.25, 0.3) is 0 Å². The molecule has 3 heterocycles. The van der Waals surface area contributed by atoms with E-state index in [-0.39, 0.29) is 23.2 Å². The fourth-order valence-electron chi connectivity index (χ4n) is 4.56. The van der Waals surface area contributed by atoms with Gasteiger partial charge in [-0.3, -0.25) is 4.90 Å². The number of hydrogen-bond acceptors (Lipinski definition) is 4. The van der Waals surface area contributed by atoms with E-state index in [4.69, 9.17) is 11.6 Å². The molecule has 2 saturated heterocycles. The van der Waals surface area contributed by atoms with Crippen LogP contribution in [0.25, 0.3) is 0 Å². The van der Waals surface area contributed by atoms with Crippen LogP contribution < -0.4 is 4.90 Å². The van der Waals surface area contributed by atoms with Gasteiger partial charge in [0.15, 0.2) is 11.6 Å². The molecule has 0 saturated carbocycles. The number of rotatable bonds is 1. The van der Waals surface area contributed by atoms with Gasteiger partial charge in [-0.05, 0) is 24.4 Å². The van der Waals surface area contributed by atoms with Crippen LogP contribution in [0.2, 0.25) is 5.28 Å². The molecule has 156 valence electrons. The number of hydrogen-bond donors (Lipinski definition) is 1. The highest BCUT2D eigenvalue weighted by Gasteiger charge is 2.38. The summed E-state index contributed by atoms with van der Waals surface area (Å²) in [6.45, 7) is 0.875. The lowest BCUT2D eigenvalue weighted by molar-refractivity contribution is 0.0785. The molecule has 2 atom stereocenters. The van der Waals surface area contributed by atoms with Crippen LogP contribution in [0.5, 0.6) is 0 Å². The maximum absolute atomic E-state index is 14.4. The van der Waals surface area contributed by atoms with Crippen molar-refractivity contribution in [1.82, 2.24) is 14.9 Å². The Hall–Kier alpha value is -1.63. The van der Waals surface area contributed by atoms with Crippen molar-refractivity contribution in [2.24, 2.45) is 0 Å². The third-order valence-electron chi connectivity index (χ3n) is 5.94. The number of halogens is 2.